The van der Waals surface area contributed by atoms with Gasteiger partial charge in [0.25, 0.3) is 0 Å². The van der Waals surface area contributed by atoms with Crippen LogP contribution in [-0.2, 0) is 22.5 Å². The predicted molar refractivity (Wildman–Crippen MR) is 71.1 cm³/mol. The van der Waals surface area contributed by atoms with Crippen LogP contribution in [0.5, 0.6) is 0 Å². The average Bonchev–Trinajstić information content (AvgIpc) is 3.12. The third-order valence-electron chi connectivity index (χ3n) is 2.78. The number of ether oxygens (including phenoxy) is 1. The molecule has 0 N–H and O–H groups in total. The zero-order valence-corrected chi connectivity index (χ0v) is 11.7. The number of hydrogen-bond donors (Lipinski definition) is 0. The lowest BCUT2D eigenvalue weighted by Gasteiger charge is -2.05. The van der Waals surface area contributed by atoms with E-state index in [9.17, 15) is 4.79 Å². The van der Waals surface area contributed by atoms with Crippen LogP contribution in [0, 0.1) is 0 Å². The van der Waals surface area contributed by atoms with E-state index in [4.69, 9.17) is 4.74 Å². The van der Waals surface area contributed by atoms with Crippen LogP contribution in [0.2, 0.25) is 0 Å². The van der Waals surface area contributed by atoms with Crippen LogP contribution >= 0.6 is 23.1 Å². The molecular formula is C11H12N4O2S2. The summed E-state index contributed by atoms with van der Waals surface area (Å²) in [4.78, 5) is 12.7. The molecule has 1 fully saturated rings. The molecule has 0 saturated carbocycles. The number of aryl methyl sites for hydroxylation is 2. The molecule has 1 aliphatic heterocycles. The molecule has 0 bridgehead atoms. The van der Waals surface area contributed by atoms with E-state index in [1.807, 2.05) is 6.07 Å². The Morgan fingerprint density at radius 2 is 2.53 bits per heavy atom. The third-order valence-corrected chi connectivity index (χ3v) is 4.94. The molecule has 8 heteroatoms. The largest absolute Gasteiger partial charge is 0.465 e. The van der Waals surface area contributed by atoms with E-state index in [0.717, 1.165) is 19.4 Å². The van der Waals surface area contributed by atoms with Gasteiger partial charge in [-0.15, -0.1) is 16.4 Å². The summed E-state index contributed by atoms with van der Waals surface area (Å²) in [6.07, 6.45) is 1.62. The van der Waals surface area contributed by atoms with Crippen molar-refractivity contribution >= 4 is 29.1 Å². The first-order chi connectivity index (χ1) is 9.33. The van der Waals surface area contributed by atoms with Crippen LogP contribution in [0.4, 0.5) is 0 Å². The fraction of sp³-hybridized carbons (Fsp3) is 0.455. The monoisotopic (exact) mass is 296 g/mol. The molecule has 0 amide bonds. The number of carbonyl (C=O) groups is 1. The second-order valence-corrected chi connectivity index (χ2v) is 6.28. The number of thioether (sulfide) groups is 1. The molecule has 2 aromatic heterocycles. The van der Waals surface area contributed by atoms with Crippen LogP contribution in [0.25, 0.3) is 0 Å². The smallest absolute Gasteiger partial charge is 0.319 e. The fourth-order valence-electron chi connectivity index (χ4n) is 1.80. The quantitative estimate of drug-likeness (QED) is 0.777. The van der Waals surface area contributed by atoms with Crippen molar-refractivity contribution in [1.82, 2.24) is 20.2 Å². The van der Waals surface area contributed by atoms with E-state index in [2.05, 4.69) is 27.0 Å². The Kier molecular flexibility index (Phi) is 3.79. The Bertz CT molecular complexity index is 555. The van der Waals surface area contributed by atoms with Gasteiger partial charge in [-0.3, -0.25) is 4.79 Å². The van der Waals surface area contributed by atoms with Crippen molar-refractivity contribution in [2.75, 3.05) is 6.61 Å². The molecule has 0 aliphatic carbocycles. The van der Waals surface area contributed by atoms with Crippen LogP contribution in [0.15, 0.2) is 22.7 Å². The second-order valence-electron chi connectivity index (χ2n) is 4.08. The molecule has 6 nitrogen and oxygen atoms in total. The maximum Gasteiger partial charge on any atom is 0.319 e. The Balaban J connectivity index is 1.63. The van der Waals surface area contributed by atoms with E-state index in [-0.39, 0.29) is 11.2 Å². The molecule has 100 valence electrons. The molecule has 2 aromatic rings. The molecular weight excluding hydrogens is 284 g/mol. The van der Waals surface area contributed by atoms with Crippen molar-refractivity contribution in [2.24, 2.45) is 0 Å². The highest BCUT2D eigenvalue weighted by molar-refractivity contribution is 8.00. The summed E-state index contributed by atoms with van der Waals surface area (Å²) >= 11 is 3.11. The van der Waals surface area contributed by atoms with Crippen molar-refractivity contribution in [3.05, 3.63) is 22.4 Å². The highest BCUT2D eigenvalue weighted by Crippen LogP contribution is 2.27. The second kappa shape index (κ2) is 5.70. The summed E-state index contributed by atoms with van der Waals surface area (Å²) in [6.45, 7) is 1.21. The van der Waals surface area contributed by atoms with Gasteiger partial charge in [-0.05, 0) is 21.9 Å². The van der Waals surface area contributed by atoms with E-state index in [1.165, 1.54) is 16.6 Å². The van der Waals surface area contributed by atoms with Gasteiger partial charge in [0, 0.05) is 17.7 Å². The van der Waals surface area contributed by atoms with E-state index in [1.54, 1.807) is 16.0 Å². The van der Waals surface area contributed by atoms with Gasteiger partial charge in [-0.1, -0.05) is 17.8 Å². The van der Waals surface area contributed by atoms with Crippen molar-refractivity contribution in [3.63, 3.8) is 0 Å². The predicted octanol–water partition coefficient (Wildman–Crippen LogP) is 1.38. The van der Waals surface area contributed by atoms with Crippen LogP contribution in [0.3, 0.4) is 0 Å². The molecule has 1 atom stereocenters. The lowest BCUT2D eigenvalue weighted by atomic mass is 10.3. The minimum absolute atomic E-state index is 0.169. The number of hydrogen-bond acceptors (Lipinski definition) is 7. The van der Waals surface area contributed by atoms with Gasteiger partial charge in [0.05, 0.1) is 13.2 Å². The van der Waals surface area contributed by atoms with Gasteiger partial charge in [-0.25, -0.2) is 4.68 Å². The van der Waals surface area contributed by atoms with Gasteiger partial charge in [0.1, 0.15) is 5.25 Å². The Hall–Kier alpha value is -1.41. The molecule has 19 heavy (non-hydrogen) atoms. The number of cyclic esters (lactones) is 1. The molecule has 1 aliphatic rings. The normalized spacial score (nSPS) is 18.7. The third kappa shape index (κ3) is 2.95. The zero-order chi connectivity index (χ0) is 13.1. The van der Waals surface area contributed by atoms with Crippen molar-refractivity contribution in [1.29, 1.82) is 0 Å². The number of carbonyl (C=O) groups excluding carboxylic acids is 1. The van der Waals surface area contributed by atoms with Gasteiger partial charge < -0.3 is 4.74 Å². The maximum absolute atomic E-state index is 11.4. The Labute approximate surface area is 118 Å². The SMILES string of the molecule is O=C1OCCC1Sc1nnnn1CCc1cccs1. The summed E-state index contributed by atoms with van der Waals surface area (Å²) < 4.78 is 6.68. The summed E-state index contributed by atoms with van der Waals surface area (Å²) in [5, 5.41) is 14.2. The summed E-state index contributed by atoms with van der Waals surface area (Å²) in [5.74, 6) is -0.169. The Morgan fingerprint density at radius 3 is 3.26 bits per heavy atom. The summed E-state index contributed by atoms with van der Waals surface area (Å²) in [7, 11) is 0. The standard InChI is InChI=1S/C11H12N4O2S2/c16-10-9(4-6-17-10)19-11-12-13-14-15(11)5-3-8-2-1-7-18-8/h1-2,7,9H,3-6H2. The topological polar surface area (TPSA) is 69.9 Å². The minimum Gasteiger partial charge on any atom is -0.465 e. The highest BCUT2D eigenvalue weighted by Gasteiger charge is 2.29. The van der Waals surface area contributed by atoms with E-state index < -0.39 is 0 Å². The lowest BCUT2D eigenvalue weighted by Crippen LogP contribution is -2.12. The van der Waals surface area contributed by atoms with Gasteiger partial charge >= 0.3 is 5.97 Å². The maximum atomic E-state index is 11.4. The van der Waals surface area contributed by atoms with E-state index >= 15 is 0 Å². The van der Waals surface area contributed by atoms with E-state index in [0.29, 0.717) is 11.8 Å². The molecule has 3 heterocycles. The minimum atomic E-state index is -0.175. The van der Waals surface area contributed by atoms with Crippen LogP contribution in [-0.4, -0.2) is 38.0 Å². The fourth-order valence-corrected chi connectivity index (χ4v) is 3.47. The zero-order valence-electron chi connectivity index (χ0n) is 10.1. The molecule has 0 spiro atoms. The van der Waals surface area contributed by atoms with Crippen molar-refractivity contribution < 1.29 is 9.53 Å². The summed E-state index contributed by atoms with van der Waals surface area (Å²) in [6, 6.07) is 4.12. The lowest BCUT2D eigenvalue weighted by molar-refractivity contribution is -0.137. The molecule has 1 unspecified atom stereocenters. The van der Waals surface area contributed by atoms with Crippen LogP contribution in [0.1, 0.15) is 11.3 Å². The summed E-state index contributed by atoms with van der Waals surface area (Å²) in [5.41, 5.74) is 0. The number of rotatable bonds is 5. The first-order valence-electron chi connectivity index (χ1n) is 5.95. The first-order valence-corrected chi connectivity index (χ1v) is 7.71. The molecule has 0 radical (unpaired) electrons. The van der Waals surface area contributed by atoms with Gasteiger partial charge in [0.2, 0.25) is 5.16 Å². The molecule has 3 rings (SSSR count). The highest BCUT2D eigenvalue weighted by atomic mass is 32.2. The molecule has 1 saturated heterocycles. The van der Waals surface area contributed by atoms with Gasteiger partial charge in [0.15, 0.2) is 0 Å². The average molecular weight is 296 g/mol. The van der Waals surface area contributed by atoms with Crippen molar-refractivity contribution in [2.45, 2.75) is 29.8 Å². The number of tetrazole rings is 1. The first kappa shape index (κ1) is 12.6. The molecule has 0 aromatic carbocycles. The number of esters is 1. The van der Waals surface area contributed by atoms with Gasteiger partial charge in [-0.2, -0.15) is 0 Å². The Morgan fingerprint density at radius 1 is 1.58 bits per heavy atom. The number of aromatic nitrogens is 4. The van der Waals surface area contributed by atoms with Crippen molar-refractivity contribution in [3.8, 4) is 0 Å². The van der Waals surface area contributed by atoms with Crippen LogP contribution < -0.4 is 0 Å². The number of nitrogens with zero attached hydrogens (tertiary/aromatic N) is 4. The number of thiophene rings is 1.